The van der Waals surface area contributed by atoms with E-state index in [1.807, 2.05) is 33.1 Å². The van der Waals surface area contributed by atoms with E-state index in [1.165, 1.54) is 4.91 Å². The van der Waals surface area contributed by atoms with E-state index in [2.05, 4.69) is 6.07 Å². The van der Waals surface area contributed by atoms with Gasteiger partial charge in [-0.05, 0) is 37.5 Å². The number of allylic oxidation sites excluding steroid dienone is 4. The van der Waals surface area contributed by atoms with E-state index >= 15 is 0 Å². The lowest BCUT2D eigenvalue weighted by molar-refractivity contribution is 1.35. The standard InChI is InChI=1S/C9H13NS/c1-5-9(6-10)7(2)8(3)11-4/h5H,1-4H3/b8-7-,9-5+. The van der Waals surface area contributed by atoms with Crippen LogP contribution in [0, 0.1) is 11.3 Å². The Morgan fingerprint density at radius 1 is 1.45 bits per heavy atom. The summed E-state index contributed by atoms with van der Waals surface area (Å²) in [6.07, 6.45) is 3.86. The van der Waals surface area contributed by atoms with Crippen molar-refractivity contribution in [1.82, 2.24) is 0 Å². The van der Waals surface area contributed by atoms with E-state index in [0.717, 1.165) is 11.1 Å². The van der Waals surface area contributed by atoms with Crippen LogP contribution in [0.25, 0.3) is 0 Å². The van der Waals surface area contributed by atoms with Crippen LogP contribution in [-0.4, -0.2) is 6.26 Å². The Labute approximate surface area is 72.8 Å². The summed E-state index contributed by atoms with van der Waals surface area (Å²) in [7, 11) is 0. The molecule has 0 heterocycles. The number of rotatable bonds is 2. The molecule has 0 aromatic rings. The first kappa shape index (κ1) is 10.3. The molecule has 0 atom stereocenters. The van der Waals surface area contributed by atoms with Crippen molar-refractivity contribution in [2.45, 2.75) is 20.8 Å². The van der Waals surface area contributed by atoms with Gasteiger partial charge in [-0.1, -0.05) is 6.08 Å². The average Bonchev–Trinajstić information content (AvgIpc) is 2.05. The Kier molecular flexibility index (Phi) is 4.72. The minimum Gasteiger partial charge on any atom is -0.192 e. The predicted octanol–water partition coefficient (Wildman–Crippen LogP) is 3.11. The zero-order valence-electron chi connectivity index (χ0n) is 7.43. The Morgan fingerprint density at radius 3 is 2.27 bits per heavy atom. The molecule has 0 N–H and O–H groups in total. The molecule has 0 aromatic heterocycles. The third-order valence-electron chi connectivity index (χ3n) is 1.65. The van der Waals surface area contributed by atoms with Crippen molar-refractivity contribution in [1.29, 1.82) is 5.26 Å². The molecule has 0 saturated heterocycles. The fraction of sp³-hybridized carbons (Fsp3) is 0.444. The zero-order valence-corrected chi connectivity index (χ0v) is 8.25. The van der Waals surface area contributed by atoms with E-state index in [1.54, 1.807) is 11.8 Å². The molecular weight excluding hydrogens is 154 g/mol. The number of nitrogens with zero attached hydrogens (tertiary/aromatic N) is 1. The maximum absolute atomic E-state index is 8.68. The molecule has 0 spiro atoms. The van der Waals surface area contributed by atoms with E-state index in [4.69, 9.17) is 5.26 Å². The summed E-state index contributed by atoms with van der Waals surface area (Å²) in [5.74, 6) is 0. The number of hydrogen-bond donors (Lipinski definition) is 0. The summed E-state index contributed by atoms with van der Waals surface area (Å²) in [5, 5.41) is 8.68. The van der Waals surface area contributed by atoms with Crippen molar-refractivity contribution in [2.75, 3.05) is 6.26 Å². The van der Waals surface area contributed by atoms with Crippen LogP contribution in [0.4, 0.5) is 0 Å². The monoisotopic (exact) mass is 167 g/mol. The molecular formula is C9H13NS. The molecule has 0 radical (unpaired) electrons. The second kappa shape index (κ2) is 5.03. The van der Waals surface area contributed by atoms with Gasteiger partial charge in [0, 0.05) is 0 Å². The number of nitriles is 1. The summed E-state index contributed by atoms with van der Waals surface area (Å²) in [5.41, 5.74) is 1.86. The fourth-order valence-electron chi connectivity index (χ4n) is 0.708. The minimum atomic E-state index is 0.775. The SMILES string of the molecule is C/C=C(C#N)/C(C)=C(/C)SC. The summed E-state index contributed by atoms with van der Waals surface area (Å²) >= 11 is 1.68. The molecule has 0 amide bonds. The first-order valence-electron chi connectivity index (χ1n) is 3.45. The fourth-order valence-corrected chi connectivity index (χ4v) is 1.12. The first-order valence-corrected chi connectivity index (χ1v) is 4.68. The van der Waals surface area contributed by atoms with Gasteiger partial charge in [0.1, 0.15) is 0 Å². The molecule has 2 heteroatoms. The van der Waals surface area contributed by atoms with Crippen LogP contribution in [0.5, 0.6) is 0 Å². The molecule has 0 bridgehead atoms. The van der Waals surface area contributed by atoms with Crippen LogP contribution in [0.2, 0.25) is 0 Å². The van der Waals surface area contributed by atoms with Crippen LogP contribution in [0.3, 0.4) is 0 Å². The van der Waals surface area contributed by atoms with Gasteiger partial charge in [-0.25, -0.2) is 0 Å². The second-order valence-electron chi connectivity index (χ2n) is 2.20. The van der Waals surface area contributed by atoms with Crippen LogP contribution in [-0.2, 0) is 0 Å². The van der Waals surface area contributed by atoms with Crippen LogP contribution in [0.15, 0.2) is 22.1 Å². The summed E-state index contributed by atoms with van der Waals surface area (Å²) in [6.45, 7) is 5.89. The lowest BCUT2D eigenvalue weighted by Gasteiger charge is -2.01. The van der Waals surface area contributed by atoms with Gasteiger partial charge in [-0.2, -0.15) is 5.26 Å². The largest absolute Gasteiger partial charge is 0.192 e. The topological polar surface area (TPSA) is 23.8 Å². The summed E-state index contributed by atoms with van der Waals surface area (Å²) < 4.78 is 0. The molecule has 0 rings (SSSR count). The molecule has 0 aliphatic heterocycles. The highest BCUT2D eigenvalue weighted by Crippen LogP contribution is 2.20. The zero-order chi connectivity index (χ0) is 8.85. The predicted molar refractivity (Wildman–Crippen MR) is 51.3 cm³/mol. The lowest BCUT2D eigenvalue weighted by Crippen LogP contribution is -1.83. The third kappa shape index (κ3) is 2.81. The van der Waals surface area contributed by atoms with Gasteiger partial charge in [0.2, 0.25) is 0 Å². The van der Waals surface area contributed by atoms with Crippen molar-refractivity contribution in [3.05, 3.63) is 22.1 Å². The second-order valence-corrected chi connectivity index (χ2v) is 3.22. The van der Waals surface area contributed by atoms with Gasteiger partial charge in [0.25, 0.3) is 0 Å². The van der Waals surface area contributed by atoms with E-state index in [9.17, 15) is 0 Å². The van der Waals surface area contributed by atoms with Crippen molar-refractivity contribution in [3.8, 4) is 6.07 Å². The van der Waals surface area contributed by atoms with E-state index in [-0.39, 0.29) is 0 Å². The average molecular weight is 167 g/mol. The third-order valence-corrected chi connectivity index (χ3v) is 2.57. The molecule has 0 unspecified atom stereocenters. The maximum Gasteiger partial charge on any atom is 0.0991 e. The normalized spacial score (nSPS) is 13.9. The Balaban J connectivity index is 4.75. The van der Waals surface area contributed by atoms with Gasteiger partial charge in [-0.15, -0.1) is 11.8 Å². The maximum atomic E-state index is 8.68. The summed E-state index contributed by atoms with van der Waals surface area (Å²) in [6, 6.07) is 2.16. The van der Waals surface area contributed by atoms with Crippen molar-refractivity contribution in [2.24, 2.45) is 0 Å². The quantitative estimate of drug-likeness (QED) is 0.466. The van der Waals surface area contributed by atoms with Crippen molar-refractivity contribution < 1.29 is 0 Å². The molecule has 0 aromatic carbocycles. The Bertz CT molecular complexity index is 230. The Morgan fingerprint density at radius 2 is 2.00 bits per heavy atom. The van der Waals surface area contributed by atoms with Gasteiger partial charge in [0.15, 0.2) is 0 Å². The lowest BCUT2D eigenvalue weighted by atomic mass is 10.1. The van der Waals surface area contributed by atoms with Crippen molar-refractivity contribution >= 4 is 11.8 Å². The van der Waals surface area contributed by atoms with Crippen LogP contribution in [0.1, 0.15) is 20.8 Å². The summed E-state index contributed by atoms with van der Waals surface area (Å²) in [4.78, 5) is 1.21. The van der Waals surface area contributed by atoms with Crippen LogP contribution < -0.4 is 0 Å². The van der Waals surface area contributed by atoms with Gasteiger partial charge >= 0.3 is 0 Å². The van der Waals surface area contributed by atoms with E-state index < -0.39 is 0 Å². The van der Waals surface area contributed by atoms with Crippen LogP contribution >= 0.6 is 11.8 Å². The molecule has 11 heavy (non-hydrogen) atoms. The molecule has 1 nitrogen and oxygen atoms in total. The highest BCUT2D eigenvalue weighted by atomic mass is 32.2. The molecule has 0 aliphatic carbocycles. The van der Waals surface area contributed by atoms with Gasteiger partial charge < -0.3 is 0 Å². The minimum absolute atomic E-state index is 0.775. The highest BCUT2D eigenvalue weighted by molar-refractivity contribution is 8.02. The van der Waals surface area contributed by atoms with Gasteiger partial charge in [-0.3, -0.25) is 0 Å². The first-order chi connectivity index (χ1) is 5.17. The highest BCUT2D eigenvalue weighted by Gasteiger charge is 1.99. The number of hydrogen-bond acceptors (Lipinski definition) is 2. The Hall–Kier alpha value is -0.680. The molecule has 60 valence electrons. The molecule has 0 aliphatic rings. The van der Waals surface area contributed by atoms with Gasteiger partial charge in [0.05, 0.1) is 11.6 Å². The smallest absolute Gasteiger partial charge is 0.0991 e. The van der Waals surface area contributed by atoms with E-state index in [0.29, 0.717) is 0 Å². The number of thioether (sulfide) groups is 1. The van der Waals surface area contributed by atoms with Crippen molar-refractivity contribution in [3.63, 3.8) is 0 Å². The molecule has 0 fully saturated rings. The molecule has 0 saturated carbocycles.